The monoisotopic (exact) mass is 219 g/mol. The van der Waals surface area contributed by atoms with Crippen LogP contribution >= 0.6 is 0 Å². The molecule has 1 heterocycles. The van der Waals surface area contributed by atoms with Gasteiger partial charge in [0.15, 0.2) is 0 Å². The van der Waals surface area contributed by atoms with Crippen molar-refractivity contribution in [3.8, 4) is 0 Å². The summed E-state index contributed by atoms with van der Waals surface area (Å²) in [4.78, 5) is 6.48. The van der Waals surface area contributed by atoms with Crippen LogP contribution in [0, 0.1) is 0 Å². The first-order valence-electron chi connectivity index (χ1n) is 6.09. The van der Waals surface area contributed by atoms with Crippen molar-refractivity contribution in [2.75, 3.05) is 19.0 Å². The van der Waals surface area contributed by atoms with E-state index in [0.29, 0.717) is 12.5 Å². The molecule has 2 N–H and O–H groups in total. The molecule has 0 spiro atoms. The van der Waals surface area contributed by atoms with Crippen molar-refractivity contribution in [1.82, 2.24) is 4.98 Å². The third-order valence-corrected chi connectivity index (χ3v) is 3.49. The van der Waals surface area contributed by atoms with E-state index in [4.69, 9.17) is 5.73 Å². The van der Waals surface area contributed by atoms with Crippen molar-refractivity contribution in [2.24, 2.45) is 5.73 Å². The summed E-state index contributed by atoms with van der Waals surface area (Å²) in [6.45, 7) is 0.590. The highest BCUT2D eigenvalue weighted by Gasteiger charge is 2.21. The van der Waals surface area contributed by atoms with Crippen LogP contribution in [-0.2, 0) is 6.54 Å². The van der Waals surface area contributed by atoms with Gasteiger partial charge in [0.05, 0.1) is 0 Å². The summed E-state index contributed by atoms with van der Waals surface area (Å²) >= 11 is 0. The van der Waals surface area contributed by atoms with E-state index in [1.54, 1.807) is 0 Å². The molecule has 1 aromatic heterocycles. The van der Waals surface area contributed by atoms with Crippen LogP contribution in [0.2, 0.25) is 0 Å². The zero-order valence-electron chi connectivity index (χ0n) is 10.2. The van der Waals surface area contributed by atoms with Crippen LogP contribution in [0.25, 0.3) is 0 Å². The van der Waals surface area contributed by atoms with Gasteiger partial charge in [0.25, 0.3) is 0 Å². The van der Waals surface area contributed by atoms with Crippen molar-refractivity contribution in [2.45, 2.75) is 38.1 Å². The molecule has 1 aliphatic carbocycles. The molecule has 0 amide bonds. The maximum atomic E-state index is 5.89. The van der Waals surface area contributed by atoms with E-state index >= 15 is 0 Å². The minimum atomic E-state index is 0.590. The molecule has 0 aliphatic heterocycles. The second kappa shape index (κ2) is 4.83. The molecule has 1 aromatic rings. The number of hydrogen-bond donors (Lipinski definition) is 1. The molecule has 1 saturated carbocycles. The van der Waals surface area contributed by atoms with Gasteiger partial charge in [0.2, 0.25) is 0 Å². The lowest BCUT2D eigenvalue weighted by atomic mass is 9.93. The lowest BCUT2D eigenvalue weighted by Crippen LogP contribution is -2.17. The Morgan fingerprint density at radius 2 is 2.06 bits per heavy atom. The summed E-state index contributed by atoms with van der Waals surface area (Å²) in [6.07, 6.45) is 7.25. The van der Waals surface area contributed by atoms with Crippen molar-refractivity contribution >= 4 is 5.82 Å². The first-order chi connectivity index (χ1) is 7.74. The largest absolute Gasteiger partial charge is 0.362 e. The van der Waals surface area contributed by atoms with Crippen LogP contribution in [0.1, 0.15) is 42.7 Å². The van der Waals surface area contributed by atoms with Gasteiger partial charge in [-0.15, -0.1) is 0 Å². The Balaban J connectivity index is 2.39. The van der Waals surface area contributed by atoms with Gasteiger partial charge in [0.1, 0.15) is 5.82 Å². The highest BCUT2D eigenvalue weighted by molar-refractivity contribution is 5.50. The molecule has 0 radical (unpaired) electrons. The predicted octanol–water partition coefficient (Wildman–Crippen LogP) is 2.26. The predicted molar refractivity (Wildman–Crippen MR) is 67.7 cm³/mol. The average molecular weight is 219 g/mol. The van der Waals surface area contributed by atoms with Crippen LogP contribution in [0.4, 0.5) is 5.82 Å². The molecule has 16 heavy (non-hydrogen) atoms. The van der Waals surface area contributed by atoms with Crippen molar-refractivity contribution in [3.63, 3.8) is 0 Å². The molecule has 2 rings (SSSR count). The van der Waals surface area contributed by atoms with Crippen LogP contribution in [0.3, 0.4) is 0 Å². The van der Waals surface area contributed by atoms with E-state index < -0.39 is 0 Å². The van der Waals surface area contributed by atoms with Gasteiger partial charge in [0, 0.05) is 32.4 Å². The maximum Gasteiger partial charge on any atom is 0.132 e. The fourth-order valence-electron chi connectivity index (χ4n) is 2.71. The lowest BCUT2D eigenvalue weighted by Gasteiger charge is -2.21. The van der Waals surface area contributed by atoms with E-state index in [9.17, 15) is 0 Å². The molecule has 88 valence electrons. The molecule has 0 aromatic carbocycles. The van der Waals surface area contributed by atoms with Crippen molar-refractivity contribution < 1.29 is 0 Å². The highest BCUT2D eigenvalue weighted by Crippen LogP contribution is 2.37. The number of hydrogen-bond acceptors (Lipinski definition) is 3. The van der Waals surface area contributed by atoms with Crippen molar-refractivity contribution in [3.05, 3.63) is 23.4 Å². The summed E-state index contributed by atoms with van der Waals surface area (Å²) in [6, 6.07) is 2.16. The van der Waals surface area contributed by atoms with Gasteiger partial charge in [-0.05, 0) is 30.4 Å². The molecule has 1 aliphatic rings. The Hall–Kier alpha value is -1.09. The number of nitrogens with two attached hydrogens (primary N) is 1. The second-order valence-electron chi connectivity index (χ2n) is 4.78. The topological polar surface area (TPSA) is 42.2 Å². The maximum absolute atomic E-state index is 5.89. The van der Waals surface area contributed by atoms with E-state index in [-0.39, 0.29) is 0 Å². The summed E-state index contributed by atoms with van der Waals surface area (Å²) < 4.78 is 0. The fourth-order valence-corrected chi connectivity index (χ4v) is 2.71. The number of anilines is 1. The van der Waals surface area contributed by atoms with Crippen LogP contribution in [0.5, 0.6) is 0 Å². The fraction of sp³-hybridized carbons (Fsp3) is 0.615. The Labute approximate surface area is 97.7 Å². The Morgan fingerprint density at radius 3 is 2.62 bits per heavy atom. The lowest BCUT2D eigenvalue weighted by molar-refractivity contribution is 0.708. The molecule has 0 saturated heterocycles. The van der Waals surface area contributed by atoms with E-state index in [1.807, 2.05) is 20.3 Å². The molecule has 3 heteroatoms. The molecule has 0 atom stereocenters. The zero-order chi connectivity index (χ0) is 11.5. The van der Waals surface area contributed by atoms with E-state index in [0.717, 1.165) is 5.82 Å². The van der Waals surface area contributed by atoms with Gasteiger partial charge in [-0.1, -0.05) is 12.8 Å². The van der Waals surface area contributed by atoms with Crippen LogP contribution in [0.15, 0.2) is 12.3 Å². The Morgan fingerprint density at radius 1 is 1.38 bits per heavy atom. The van der Waals surface area contributed by atoms with Gasteiger partial charge in [-0.25, -0.2) is 4.98 Å². The third-order valence-electron chi connectivity index (χ3n) is 3.49. The quantitative estimate of drug-likeness (QED) is 0.848. The minimum Gasteiger partial charge on any atom is -0.362 e. The van der Waals surface area contributed by atoms with Gasteiger partial charge in [-0.2, -0.15) is 0 Å². The van der Waals surface area contributed by atoms with E-state index in [1.165, 1.54) is 36.8 Å². The summed E-state index contributed by atoms with van der Waals surface area (Å²) in [7, 11) is 4.06. The SMILES string of the molecule is CN(C)c1nccc(C2CCCC2)c1CN. The second-order valence-corrected chi connectivity index (χ2v) is 4.78. The molecule has 0 bridgehead atoms. The smallest absolute Gasteiger partial charge is 0.132 e. The molecule has 0 unspecified atom stereocenters. The van der Waals surface area contributed by atoms with Crippen LogP contribution in [-0.4, -0.2) is 19.1 Å². The normalized spacial score (nSPS) is 16.7. The Bertz CT molecular complexity index is 354. The summed E-state index contributed by atoms with van der Waals surface area (Å²) in [5.74, 6) is 1.74. The Kier molecular flexibility index (Phi) is 3.44. The average Bonchev–Trinajstić information content (AvgIpc) is 2.81. The molecular formula is C13H21N3. The highest BCUT2D eigenvalue weighted by atomic mass is 15.1. The standard InChI is InChI=1S/C13H21N3/c1-16(2)13-12(9-14)11(7-8-15-13)10-5-3-4-6-10/h7-8,10H,3-6,9,14H2,1-2H3. The van der Waals surface area contributed by atoms with Crippen LogP contribution < -0.4 is 10.6 Å². The van der Waals surface area contributed by atoms with E-state index in [2.05, 4.69) is 16.0 Å². The molecule has 1 fully saturated rings. The number of rotatable bonds is 3. The van der Waals surface area contributed by atoms with Crippen molar-refractivity contribution in [1.29, 1.82) is 0 Å². The first kappa shape index (κ1) is 11.4. The number of aromatic nitrogens is 1. The summed E-state index contributed by atoms with van der Waals surface area (Å²) in [5.41, 5.74) is 8.56. The minimum absolute atomic E-state index is 0.590. The molecular weight excluding hydrogens is 198 g/mol. The summed E-state index contributed by atoms with van der Waals surface area (Å²) in [5, 5.41) is 0. The van der Waals surface area contributed by atoms with Gasteiger partial charge >= 0.3 is 0 Å². The number of pyridine rings is 1. The van der Waals surface area contributed by atoms with Gasteiger partial charge < -0.3 is 10.6 Å². The third kappa shape index (κ3) is 2.05. The zero-order valence-corrected chi connectivity index (χ0v) is 10.2. The first-order valence-corrected chi connectivity index (χ1v) is 6.09. The molecule has 3 nitrogen and oxygen atoms in total. The number of nitrogens with zero attached hydrogens (tertiary/aromatic N) is 2. The van der Waals surface area contributed by atoms with Gasteiger partial charge in [-0.3, -0.25) is 0 Å².